The number of rotatable bonds is 6. The van der Waals surface area contributed by atoms with Crippen LogP contribution in [0.5, 0.6) is 0 Å². The molecule has 0 amide bonds. The molecule has 1 aromatic heterocycles. The first-order valence-corrected chi connectivity index (χ1v) is 17.0. The van der Waals surface area contributed by atoms with Crippen molar-refractivity contribution in [2.75, 3.05) is 4.90 Å². The highest BCUT2D eigenvalue weighted by molar-refractivity contribution is 6.10. The summed E-state index contributed by atoms with van der Waals surface area (Å²) in [6.07, 6.45) is 4.35. The highest BCUT2D eigenvalue weighted by Crippen LogP contribution is 2.50. The van der Waals surface area contributed by atoms with E-state index in [2.05, 4.69) is 205 Å². The Morgan fingerprint density at radius 2 is 1.02 bits per heavy atom. The van der Waals surface area contributed by atoms with Gasteiger partial charge >= 0.3 is 0 Å². The Hall–Kier alpha value is -6.12. The highest BCUT2D eigenvalue weighted by Gasteiger charge is 2.35. The van der Waals surface area contributed by atoms with E-state index in [0.29, 0.717) is 0 Å². The number of hydrogen-bond acceptors (Lipinski definition) is 1. The fourth-order valence-electron chi connectivity index (χ4n) is 7.72. The fraction of sp³-hybridized carbons (Fsp3) is 0.0638. The first-order chi connectivity index (χ1) is 24.1. The van der Waals surface area contributed by atoms with E-state index in [1.165, 1.54) is 55.2 Å². The number of para-hydroxylation sites is 2. The summed E-state index contributed by atoms with van der Waals surface area (Å²) in [7, 11) is 0. The lowest BCUT2D eigenvalue weighted by molar-refractivity contribution is 0.660. The molecule has 0 radical (unpaired) electrons. The maximum absolute atomic E-state index is 2.41. The first-order valence-electron chi connectivity index (χ1n) is 17.0. The topological polar surface area (TPSA) is 8.17 Å². The maximum Gasteiger partial charge on any atom is 0.0542 e. The molecule has 49 heavy (non-hydrogen) atoms. The molecule has 1 heterocycles. The quantitative estimate of drug-likeness (QED) is 0.166. The molecule has 8 aromatic rings. The third kappa shape index (κ3) is 4.88. The van der Waals surface area contributed by atoms with Crippen LogP contribution in [0.25, 0.3) is 50.8 Å². The monoisotopic (exact) mass is 628 g/mol. The number of aromatic nitrogens is 1. The van der Waals surface area contributed by atoms with Gasteiger partial charge in [0.2, 0.25) is 0 Å². The van der Waals surface area contributed by atoms with Crippen LogP contribution in [0.15, 0.2) is 170 Å². The van der Waals surface area contributed by atoms with Crippen molar-refractivity contribution in [2.45, 2.75) is 19.3 Å². The fourth-order valence-corrected chi connectivity index (χ4v) is 7.72. The Morgan fingerprint density at radius 1 is 0.449 bits per heavy atom. The summed E-state index contributed by atoms with van der Waals surface area (Å²) in [6.45, 7) is 4.70. The largest absolute Gasteiger partial charge is 0.310 e. The summed E-state index contributed by atoms with van der Waals surface area (Å²) in [5, 5.41) is 2.48. The highest BCUT2D eigenvalue weighted by atomic mass is 15.1. The second kappa shape index (κ2) is 11.5. The van der Waals surface area contributed by atoms with E-state index in [1.807, 2.05) is 0 Å². The lowest BCUT2D eigenvalue weighted by atomic mass is 9.82. The van der Waals surface area contributed by atoms with E-state index < -0.39 is 0 Å². The molecule has 0 spiro atoms. The minimum Gasteiger partial charge on any atom is -0.310 e. The summed E-state index contributed by atoms with van der Waals surface area (Å²) in [4.78, 5) is 2.41. The van der Waals surface area contributed by atoms with Crippen molar-refractivity contribution < 1.29 is 0 Å². The van der Waals surface area contributed by atoms with Crippen molar-refractivity contribution in [3.8, 4) is 16.8 Å². The molecule has 0 saturated heterocycles. The predicted octanol–water partition coefficient (Wildman–Crippen LogP) is 12.7. The molecule has 0 N–H and O–H groups in total. The number of nitrogens with zero attached hydrogens (tertiary/aromatic N) is 2. The van der Waals surface area contributed by atoms with Crippen molar-refractivity contribution in [1.82, 2.24) is 4.57 Å². The van der Waals surface area contributed by atoms with Crippen LogP contribution in [0.1, 0.15) is 36.1 Å². The molecule has 0 saturated carbocycles. The molecule has 1 aliphatic carbocycles. The predicted molar refractivity (Wildman–Crippen MR) is 208 cm³/mol. The van der Waals surface area contributed by atoms with Crippen LogP contribution in [0.3, 0.4) is 0 Å². The van der Waals surface area contributed by atoms with E-state index in [1.54, 1.807) is 0 Å². The van der Waals surface area contributed by atoms with E-state index >= 15 is 0 Å². The molecule has 9 rings (SSSR count). The Labute approximate surface area is 287 Å². The maximum atomic E-state index is 2.41. The molecule has 7 aromatic carbocycles. The Balaban J connectivity index is 1.21. The van der Waals surface area contributed by atoms with Gasteiger partial charge in [-0.25, -0.2) is 0 Å². The average molecular weight is 629 g/mol. The molecule has 0 atom stereocenters. The molecule has 1 aliphatic rings. The minimum atomic E-state index is -0.0905. The molecule has 0 bridgehead atoms. The molecule has 0 aliphatic heterocycles. The zero-order chi connectivity index (χ0) is 33.0. The van der Waals surface area contributed by atoms with Gasteiger partial charge in [0.15, 0.2) is 0 Å². The molecular weight excluding hydrogens is 593 g/mol. The molecule has 0 fully saturated rings. The van der Waals surface area contributed by atoms with E-state index in [0.717, 1.165) is 22.7 Å². The van der Waals surface area contributed by atoms with Crippen molar-refractivity contribution in [1.29, 1.82) is 0 Å². The summed E-state index contributed by atoms with van der Waals surface area (Å²) >= 11 is 0. The second-order valence-corrected chi connectivity index (χ2v) is 13.5. The van der Waals surface area contributed by atoms with Gasteiger partial charge in [0.05, 0.1) is 11.0 Å². The van der Waals surface area contributed by atoms with Gasteiger partial charge < -0.3 is 9.47 Å². The molecule has 234 valence electrons. The van der Waals surface area contributed by atoms with Crippen LogP contribution >= 0.6 is 0 Å². The summed E-state index contributed by atoms with van der Waals surface area (Å²) in [6, 6.07) is 61.6. The second-order valence-electron chi connectivity index (χ2n) is 13.5. The Kier molecular flexibility index (Phi) is 6.84. The van der Waals surface area contributed by atoms with Gasteiger partial charge in [-0.2, -0.15) is 0 Å². The Morgan fingerprint density at radius 3 is 1.82 bits per heavy atom. The molecule has 2 nitrogen and oxygen atoms in total. The Bertz CT molecular complexity index is 2500. The van der Waals surface area contributed by atoms with Crippen molar-refractivity contribution in [3.63, 3.8) is 0 Å². The third-order valence-electron chi connectivity index (χ3n) is 10.2. The number of benzene rings is 7. The lowest BCUT2D eigenvalue weighted by Gasteiger charge is -2.28. The van der Waals surface area contributed by atoms with Crippen LogP contribution in [0.2, 0.25) is 0 Å². The van der Waals surface area contributed by atoms with Gasteiger partial charge in [0.25, 0.3) is 0 Å². The van der Waals surface area contributed by atoms with Gasteiger partial charge in [0.1, 0.15) is 0 Å². The van der Waals surface area contributed by atoms with Gasteiger partial charge in [-0.1, -0.05) is 135 Å². The van der Waals surface area contributed by atoms with Crippen molar-refractivity contribution >= 4 is 51.0 Å². The summed E-state index contributed by atoms with van der Waals surface area (Å²) in [5.74, 6) is 0. The minimum absolute atomic E-state index is 0.0905. The van der Waals surface area contributed by atoms with E-state index in [-0.39, 0.29) is 5.41 Å². The van der Waals surface area contributed by atoms with E-state index in [9.17, 15) is 0 Å². The van der Waals surface area contributed by atoms with Gasteiger partial charge in [-0.05, 0) is 94.0 Å². The smallest absolute Gasteiger partial charge is 0.0542 e. The zero-order valence-electron chi connectivity index (χ0n) is 27.7. The van der Waals surface area contributed by atoms with Crippen LogP contribution in [0, 0.1) is 0 Å². The number of fused-ring (bicyclic) bond motifs is 6. The molecule has 2 heteroatoms. The van der Waals surface area contributed by atoms with Gasteiger partial charge in [-0.3, -0.25) is 0 Å². The normalized spacial score (nSPS) is 13.2. The van der Waals surface area contributed by atoms with Crippen LogP contribution in [-0.4, -0.2) is 4.57 Å². The number of hydrogen-bond donors (Lipinski definition) is 0. The van der Waals surface area contributed by atoms with Crippen molar-refractivity contribution in [3.05, 3.63) is 192 Å². The van der Waals surface area contributed by atoms with Crippen LogP contribution in [-0.2, 0) is 5.41 Å². The SMILES string of the molecule is CC1(C)c2ccccc2-c2ccc(N(c3ccc(/C=C/c4ccccc4)cc3)c3ccc4c(c3)c3ccccc3n4-c3ccccc3)cc21. The van der Waals surface area contributed by atoms with Crippen molar-refractivity contribution in [2.24, 2.45) is 0 Å². The average Bonchev–Trinajstić information content (AvgIpc) is 3.60. The lowest BCUT2D eigenvalue weighted by Crippen LogP contribution is -2.16. The summed E-state index contributed by atoms with van der Waals surface area (Å²) < 4.78 is 2.38. The molecule has 0 unspecified atom stereocenters. The zero-order valence-corrected chi connectivity index (χ0v) is 27.7. The number of anilines is 3. The molecular formula is C47H36N2. The third-order valence-corrected chi connectivity index (χ3v) is 10.2. The van der Waals surface area contributed by atoms with Gasteiger partial charge in [-0.15, -0.1) is 0 Å². The standard InChI is InChI=1S/C47H36N2/c1-47(2)43-19-11-9-17-39(43)40-29-27-38(32-44(40)47)48(36-25-23-34(24-26-36)22-21-33-13-5-3-6-14-33)37-28-30-46-42(31-37)41-18-10-12-20-45(41)49(46)35-15-7-4-8-16-35/h3-32H,1-2H3/b22-21+. The summed E-state index contributed by atoms with van der Waals surface area (Å²) in [5.41, 5.74) is 14.7. The van der Waals surface area contributed by atoms with Crippen LogP contribution in [0.4, 0.5) is 17.1 Å². The van der Waals surface area contributed by atoms with Gasteiger partial charge in [0, 0.05) is 38.9 Å². The van der Waals surface area contributed by atoms with Crippen LogP contribution < -0.4 is 4.90 Å². The van der Waals surface area contributed by atoms with E-state index in [4.69, 9.17) is 0 Å². The first kappa shape index (κ1) is 29.1.